The number of rotatable bonds is 4. The normalized spacial score (nSPS) is 10.1. The van der Waals surface area contributed by atoms with Gasteiger partial charge in [-0.2, -0.15) is 0 Å². The molecule has 0 aliphatic rings. The molecule has 0 saturated heterocycles. The second-order valence-corrected chi connectivity index (χ2v) is 5.46. The van der Waals surface area contributed by atoms with Gasteiger partial charge in [0.05, 0.1) is 12.7 Å². The van der Waals surface area contributed by atoms with E-state index >= 15 is 0 Å². The van der Waals surface area contributed by atoms with Crippen molar-refractivity contribution in [3.05, 3.63) is 78.4 Å². The van der Waals surface area contributed by atoms with Crippen molar-refractivity contribution in [3.8, 4) is 28.4 Å². The highest BCUT2D eigenvalue weighted by molar-refractivity contribution is 5.98. The first-order valence-electron chi connectivity index (χ1n) is 8.04. The Hall–Kier alpha value is -3.80. The predicted molar refractivity (Wildman–Crippen MR) is 98.0 cm³/mol. The zero-order chi connectivity index (χ0) is 19.2. The summed E-state index contributed by atoms with van der Waals surface area (Å²) >= 11 is 0. The summed E-state index contributed by atoms with van der Waals surface area (Å²) in [4.78, 5) is 24.2. The molecule has 0 atom stereocenters. The van der Waals surface area contributed by atoms with Gasteiger partial charge in [-0.15, -0.1) is 0 Å². The third-order valence-electron chi connectivity index (χ3n) is 3.76. The van der Waals surface area contributed by atoms with Crippen LogP contribution < -0.4 is 9.47 Å². The third-order valence-corrected chi connectivity index (χ3v) is 3.76. The molecule has 0 amide bonds. The third kappa shape index (κ3) is 4.07. The smallest absolute Gasteiger partial charge is 0.504 e. The minimum Gasteiger partial charge on any atom is -0.504 e. The number of hydrogen-bond donors (Lipinski definition) is 1. The second kappa shape index (κ2) is 8.05. The van der Waals surface area contributed by atoms with Crippen molar-refractivity contribution < 1.29 is 28.9 Å². The molecule has 0 aliphatic carbocycles. The van der Waals surface area contributed by atoms with E-state index < -0.39 is 12.1 Å². The zero-order valence-corrected chi connectivity index (χ0v) is 14.4. The standard InChI is InChI=1S/C21H16O6/c1-25-20(23)16-10-3-2-8-14(16)15-9-4-6-12-18(15)26-21(24)27-19-13-7-5-11-17(19)22/h2-13,22H,1H3. The number of phenols is 1. The lowest BCUT2D eigenvalue weighted by molar-refractivity contribution is 0.0601. The van der Waals surface area contributed by atoms with E-state index in [-0.39, 0.29) is 17.2 Å². The number of methoxy groups -OCH3 is 1. The molecule has 0 fully saturated rings. The number of phenolic OH excluding ortho intramolecular Hbond substituents is 1. The molecule has 27 heavy (non-hydrogen) atoms. The quantitative estimate of drug-likeness (QED) is 0.545. The maximum absolute atomic E-state index is 12.1. The largest absolute Gasteiger partial charge is 0.519 e. The van der Waals surface area contributed by atoms with E-state index in [1.807, 2.05) is 0 Å². The molecule has 0 saturated carbocycles. The second-order valence-electron chi connectivity index (χ2n) is 5.46. The maximum atomic E-state index is 12.1. The van der Waals surface area contributed by atoms with Gasteiger partial charge in [0.2, 0.25) is 0 Å². The highest BCUT2D eigenvalue weighted by Crippen LogP contribution is 2.33. The monoisotopic (exact) mass is 364 g/mol. The van der Waals surface area contributed by atoms with Gasteiger partial charge in [-0.05, 0) is 29.8 Å². The minimum absolute atomic E-state index is 0.0186. The number of aromatic hydroxyl groups is 1. The van der Waals surface area contributed by atoms with Crippen LogP contribution in [0.2, 0.25) is 0 Å². The molecule has 6 heteroatoms. The fourth-order valence-electron chi connectivity index (χ4n) is 2.53. The lowest BCUT2D eigenvalue weighted by Crippen LogP contribution is -2.14. The maximum Gasteiger partial charge on any atom is 0.519 e. The zero-order valence-electron chi connectivity index (χ0n) is 14.4. The molecule has 3 aromatic rings. The van der Waals surface area contributed by atoms with Crippen LogP contribution in [0.3, 0.4) is 0 Å². The number of benzene rings is 3. The van der Waals surface area contributed by atoms with Crippen LogP contribution in [0.4, 0.5) is 4.79 Å². The predicted octanol–water partition coefficient (Wildman–Crippen LogP) is 4.42. The van der Waals surface area contributed by atoms with Crippen molar-refractivity contribution in [2.24, 2.45) is 0 Å². The summed E-state index contributed by atoms with van der Waals surface area (Å²) in [6, 6.07) is 19.6. The Labute approximate surface area is 155 Å². The molecule has 136 valence electrons. The fourth-order valence-corrected chi connectivity index (χ4v) is 2.53. The minimum atomic E-state index is -1.01. The Morgan fingerprint density at radius 1 is 0.741 bits per heavy atom. The summed E-state index contributed by atoms with van der Waals surface area (Å²) < 4.78 is 15.2. The van der Waals surface area contributed by atoms with Crippen LogP contribution in [0.1, 0.15) is 10.4 Å². The SMILES string of the molecule is COC(=O)c1ccccc1-c1ccccc1OC(=O)Oc1ccccc1O. The highest BCUT2D eigenvalue weighted by Gasteiger charge is 2.18. The molecule has 0 aromatic heterocycles. The van der Waals surface area contributed by atoms with Crippen LogP contribution in [0, 0.1) is 0 Å². The van der Waals surface area contributed by atoms with E-state index in [0.29, 0.717) is 16.7 Å². The molecule has 3 rings (SSSR count). The summed E-state index contributed by atoms with van der Waals surface area (Å²) in [7, 11) is 1.30. The van der Waals surface area contributed by atoms with Crippen molar-refractivity contribution in [1.82, 2.24) is 0 Å². The van der Waals surface area contributed by atoms with Crippen molar-refractivity contribution in [1.29, 1.82) is 0 Å². The Kier molecular flexibility index (Phi) is 5.37. The molecule has 0 bridgehead atoms. The van der Waals surface area contributed by atoms with Gasteiger partial charge in [-0.3, -0.25) is 0 Å². The first kappa shape index (κ1) is 18.0. The molecule has 0 aliphatic heterocycles. The molecule has 0 radical (unpaired) electrons. The molecule has 6 nitrogen and oxygen atoms in total. The van der Waals surface area contributed by atoms with Gasteiger partial charge in [-0.25, -0.2) is 9.59 Å². The van der Waals surface area contributed by atoms with Gasteiger partial charge in [-0.1, -0.05) is 48.5 Å². The number of hydrogen-bond acceptors (Lipinski definition) is 6. The van der Waals surface area contributed by atoms with E-state index in [4.69, 9.17) is 14.2 Å². The summed E-state index contributed by atoms with van der Waals surface area (Å²) in [5.74, 6) is -0.500. The molecule has 1 N–H and O–H groups in total. The van der Waals surface area contributed by atoms with Crippen LogP contribution >= 0.6 is 0 Å². The average molecular weight is 364 g/mol. The Balaban J connectivity index is 1.91. The molecule has 0 unspecified atom stereocenters. The van der Waals surface area contributed by atoms with Gasteiger partial charge >= 0.3 is 12.1 Å². The first-order chi connectivity index (χ1) is 13.1. The van der Waals surface area contributed by atoms with E-state index in [1.54, 1.807) is 60.7 Å². The number of carbonyl (C=O) groups excluding carboxylic acids is 2. The van der Waals surface area contributed by atoms with Crippen LogP contribution in [0.5, 0.6) is 17.2 Å². The van der Waals surface area contributed by atoms with E-state index in [1.165, 1.54) is 19.2 Å². The van der Waals surface area contributed by atoms with Crippen molar-refractivity contribution in [2.75, 3.05) is 7.11 Å². The first-order valence-corrected chi connectivity index (χ1v) is 8.04. The molecule has 0 spiro atoms. The topological polar surface area (TPSA) is 82.1 Å². The number of carbonyl (C=O) groups is 2. The van der Waals surface area contributed by atoms with Gasteiger partial charge in [0.15, 0.2) is 11.5 Å². The van der Waals surface area contributed by atoms with Gasteiger partial charge in [0.1, 0.15) is 5.75 Å². The van der Waals surface area contributed by atoms with Crippen molar-refractivity contribution >= 4 is 12.1 Å². The lowest BCUT2D eigenvalue weighted by Gasteiger charge is -2.13. The van der Waals surface area contributed by atoms with E-state index in [2.05, 4.69) is 0 Å². The van der Waals surface area contributed by atoms with Crippen LogP contribution in [-0.4, -0.2) is 24.3 Å². The molecular weight excluding hydrogens is 348 g/mol. The summed E-state index contributed by atoms with van der Waals surface area (Å²) in [5.41, 5.74) is 1.41. The highest BCUT2D eigenvalue weighted by atomic mass is 16.7. The average Bonchev–Trinajstić information content (AvgIpc) is 2.69. The molecule has 3 aromatic carbocycles. The van der Waals surface area contributed by atoms with Crippen LogP contribution in [0.15, 0.2) is 72.8 Å². The van der Waals surface area contributed by atoms with Crippen molar-refractivity contribution in [2.45, 2.75) is 0 Å². The summed E-state index contributed by atoms with van der Waals surface area (Å²) in [6.45, 7) is 0. The summed E-state index contributed by atoms with van der Waals surface area (Å²) in [5, 5.41) is 9.70. The van der Waals surface area contributed by atoms with Crippen molar-refractivity contribution in [3.63, 3.8) is 0 Å². The fraction of sp³-hybridized carbons (Fsp3) is 0.0476. The van der Waals surface area contributed by atoms with Gasteiger partial charge in [0.25, 0.3) is 0 Å². The van der Waals surface area contributed by atoms with Gasteiger partial charge in [0, 0.05) is 5.56 Å². The number of para-hydroxylation sites is 3. The van der Waals surface area contributed by atoms with Crippen LogP contribution in [-0.2, 0) is 4.74 Å². The van der Waals surface area contributed by atoms with Crippen LogP contribution in [0.25, 0.3) is 11.1 Å². The Morgan fingerprint density at radius 2 is 1.30 bits per heavy atom. The Bertz CT molecular complexity index is 980. The lowest BCUT2D eigenvalue weighted by atomic mass is 9.99. The molecule has 0 heterocycles. The number of esters is 1. The Morgan fingerprint density at radius 3 is 2.00 bits per heavy atom. The molecular formula is C21H16O6. The van der Waals surface area contributed by atoms with Gasteiger partial charge < -0.3 is 19.3 Å². The summed E-state index contributed by atoms with van der Waals surface area (Å²) in [6.07, 6.45) is -1.01. The van der Waals surface area contributed by atoms with E-state index in [9.17, 15) is 14.7 Å². The van der Waals surface area contributed by atoms with E-state index in [0.717, 1.165) is 0 Å². The number of ether oxygens (including phenoxy) is 3.